The first-order valence-electron chi connectivity index (χ1n) is 5.91. The summed E-state index contributed by atoms with van der Waals surface area (Å²) in [6.45, 7) is 0.922. The molecule has 1 aliphatic rings. The number of phenolic OH excluding ortho intramolecular Hbond substituents is 1. The fraction of sp³-hybridized carbons (Fsp3) is 0.538. The van der Waals surface area contributed by atoms with Gasteiger partial charge in [-0.15, -0.1) is 0 Å². The number of halogens is 1. The summed E-state index contributed by atoms with van der Waals surface area (Å²) in [5.41, 5.74) is 0.861. The molecule has 1 heterocycles. The monoisotopic (exact) mass is 223 g/mol. The molecular formula is C13H18FNO. The third-order valence-corrected chi connectivity index (χ3v) is 3.13. The number of phenols is 1. The SMILES string of the molecule is Oc1cccc(CC(F)C2CCCCN2)c1. The first kappa shape index (κ1) is 11.4. The van der Waals surface area contributed by atoms with E-state index in [9.17, 15) is 9.50 Å². The van der Waals surface area contributed by atoms with E-state index in [2.05, 4.69) is 5.32 Å². The predicted molar refractivity (Wildman–Crippen MR) is 62.3 cm³/mol. The van der Waals surface area contributed by atoms with Crippen molar-refractivity contribution in [3.05, 3.63) is 29.8 Å². The van der Waals surface area contributed by atoms with Crippen molar-refractivity contribution < 1.29 is 9.50 Å². The lowest BCUT2D eigenvalue weighted by molar-refractivity contribution is 0.217. The lowest BCUT2D eigenvalue weighted by Gasteiger charge is -2.26. The van der Waals surface area contributed by atoms with Crippen LogP contribution in [0.25, 0.3) is 0 Å². The number of hydrogen-bond acceptors (Lipinski definition) is 2. The van der Waals surface area contributed by atoms with E-state index in [0.717, 1.165) is 31.4 Å². The van der Waals surface area contributed by atoms with E-state index in [1.165, 1.54) is 0 Å². The van der Waals surface area contributed by atoms with Gasteiger partial charge in [-0.1, -0.05) is 18.6 Å². The molecule has 1 fully saturated rings. The maximum atomic E-state index is 14.0. The highest BCUT2D eigenvalue weighted by Gasteiger charge is 2.22. The van der Waals surface area contributed by atoms with Gasteiger partial charge in [0, 0.05) is 12.5 Å². The standard InChI is InChI=1S/C13H18FNO/c14-12(13-6-1-2-7-15-13)9-10-4-3-5-11(16)8-10/h3-5,8,12-13,15-16H,1-2,6-7,9H2. The van der Waals surface area contributed by atoms with Crippen LogP contribution in [-0.2, 0) is 6.42 Å². The van der Waals surface area contributed by atoms with Crippen molar-refractivity contribution >= 4 is 0 Å². The Bertz CT molecular complexity index is 336. The summed E-state index contributed by atoms with van der Waals surface area (Å²) in [7, 11) is 0. The molecule has 2 N–H and O–H groups in total. The lowest BCUT2D eigenvalue weighted by Crippen LogP contribution is -2.42. The molecule has 0 spiro atoms. The molecule has 2 rings (SSSR count). The summed E-state index contributed by atoms with van der Waals surface area (Å²) < 4.78 is 14.0. The largest absolute Gasteiger partial charge is 0.508 e. The van der Waals surface area contributed by atoms with Crippen LogP contribution >= 0.6 is 0 Å². The summed E-state index contributed by atoms with van der Waals surface area (Å²) in [5, 5.41) is 12.5. The van der Waals surface area contributed by atoms with E-state index in [-0.39, 0.29) is 11.8 Å². The van der Waals surface area contributed by atoms with Crippen LogP contribution < -0.4 is 5.32 Å². The van der Waals surface area contributed by atoms with Crippen molar-refractivity contribution in [3.8, 4) is 5.75 Å². The zero-order chi connectivity index (χ0) is 11.4. The highest BCUT2D eigenvalue weighted by Crippen LogP contribution is 2.19. The second kappa shape index (κ2) is 5.30. The van der Waals surface area contributed by atoms with Gasteiger partial charge >= 0.3 is 0 Å². The number of piperidine rings is 1. The van der Waals surface area contributed by atoms with Gasteiger partial charge in [0.2, 0.25) is 0 Å². The third kappa shape index (κ3) is 2.95. The van der Waals surface area contributed by atoms with Gasteiger partial charge in [-0.2, -0.15) is 0 Å². The molecule has 1 aliphatic heterocycles. The topological polar surface area (TPSA) is 32.3 Å². The minimum atomic E-state index is -0.859. The summed E-state index contributed by atoms with van der Waals surface area (Å²) in [6, 6.07) is 6.84. The molecule has 0 radical (unpaired) electrons. The second-order valence-corrected chi connectivity index (χ2v) is 4.45. The van der Waals surface area contributed by atoms with Gasteiger partial charge in [0.1, 0.15) is 11.9 Å². The van der Waals surface area contributed by atoms with Crippen LogP contribution in [0.5, 0.6) is 5.75 Å². The second-order valence-electron chi connectivity index (χ2n) is 4.45. The molecule has 1 aromatic rings. The Morgan fingerprint density at radius 1 is 1.44 bits per heavy atom. The molecule has 0 aromatic heterocycles. The highest BCUT2D eigenvalue weighted by atomic mass is 19.1. The molecule has 1 aromatic carbocycles. The lowest BCUT2D eigenvalue weighted by atomic mass is 9.96. The Balaban J connectivity index is 1.93. The zero-order valence-corrected chi connectivity index (χ0v) is 9.32. The predicted octanol–water partition coefficient (Wildman–Crippen LogP) is 2.41. The molecule has 1 saturated heterocycles. The molecule has 2 atom stereocenters. The van der Waals surface area contributed by atoms with Crippen molar-refractivity contribution in [1.29, 1.82) is 0 Å². The molecule has 0 aliphatic carbocycles. The van der Waals surface area contributed by atoms with E-state index in [1.807, 2.05) is 6.07 Å². The van der Waals surface area contributed by atoms with Gasteiger partial charge in [0.15, 0.2) is 0 Å². The fourth-order valence-electron chi connectivity index (χ4n) is 2.24. The molecule has 2 nitrogen and oxygen atoms in total. The molecule has 16 heavy (non-hydrogen) atoms. The Morgan fingerprint density at radius 3 is 3.00 bits per heavy atom. The smallest absolute Gasteiger partial charge is 0.119 e. The van der Waals surface area contributed by atoms with E-state index in [1.54, 1.807) is 18.2 Å². The van der Waals surface area contributed by atoms with Crippen molar-refractivity contribution in [3.63, 3.8) is 0 Å². The van der Waals surface area contributed by atoms with E-state index in [4.69, 9.17) is 0 Å². The number of alkyl halides is 1. The van der Waals surface area contributed by atoms with Crippen LogP contribution in [0.3, 0.4) is 0 Å². The Morgan fingerprint density at radius 2 is 2.31 bits per heavy atom. The van der Waals surface area contributed by atoms with Gasteiger partial charge in [0.05, 0.1) is 0 Å². The quantitative estimate of drug-likeness (QED) is 0.824. The minimum absolute atomic E-state index is 0.0175. The fourth-order valence-corrected chi connectivity index (χ4v) is 2.24. The van der Waals surface area contributed by atoms with Crippen LogP contribution in [0.15, 0.2) is 24.3 Å². The Labute approximate surface area is 95.5 Å². The van der Waals surface area contributed by atoms with Crippen LogP contribution in [0.1, 0.15) is 24.8 Å². The summed E-state index contributed by atoms with van der Waals surface area (Å²) in [5.74, 6) is 0.210. The number of nitrogens with one attached hydrogen (secondary N) is 1. The highest BCUT2D eigenvalue weighted by molar-refractivity contribution is 5.27. The minimum Gasteiger partial charge on any atom is -0.508 e. The molecule has 2 unspecified atom stereocenters. The Hall–Kier alpha value is -1.09. The van der Waals surface area contributed by atoms with Crippen LogP contribution in [-0.4, -0.2) is 23.9 Å². The summed E-state index contributed by atoms with van der Waals surface area (Å²) >= 11 is 0. The average Bonchev–Trinajstić information content (AvgIpc) is 2.30. The van der Waals surface area contributed by atoms with Gasteiger partial charge in [-0.05, 0) is 37.1 Å². The summed E-state index contributed by atoms with van der Waals surface area (Å²) in [6.07, 6.45) is 2.70. The number of aromatic hydroxyl groups is 1. The maximum Gasteiger partial charge on any atom is 0.119 e. The van der Waals surface area contributed by atoms with Crippen LogP contribution in [0.4, 0.5) is 4.39 Å². The van der Waals surface area contributed by atoms with Gasteiger partial charge in [-0.25, -0.2) is 4.39 Å². The van der Waals surface area contributed by atoms with E-state index in [0.29, 0.717) is 6.42 Å². The van der Waals surface area contributed by atoms with Gasteiger partial charge in [-0.3, -0.25) is 0 Å². The van der Waals surface area contributed by atoms with E-state index >= 15 is 0 Å². The average molecular weight is 223 g/mol. The number of rotatable bonds is 3. The van der Waals surface area contributed by atoms with Crippen LogP contribution in [0, 0.1) is 0 Å². The normalized spacial score (nSPS) is 22.9. The van der Waals surface area contributed by atoms with Crippen molar-refractivity contribution in [2.24, 2.45) is 0 Å². The van der Waals surface area contributed by atoms with Gasteiger partial charge < -0.3 is 10.4 Å². The molecule has 88 valence electrons. The van der Waals surface area contributed by atoms with Crippen molar-refractivity contribution in [2.45, 2.75) is 37.9 Å². The molecule has 0 amide bonds. The van der Waals surface area contributed by atoms with Crippen molar-refractivity contribution in [2.75, 3.05) is 6.54 Å². The Kier molecular flexibility index (Phi) is 3.78. The number of benzene rings is 1. The zero-order valence-electron chi connectivity index (χ0n) is 9.32. The van der Waals surface area contributed by atoms with Crippen molar-refractivity contribution in [1.82, 2.24) is 5.32 Å². The molecular weight excluding hydrogens is 205 g/mol. The van der Waals surface area contributed by atoms with Crippen LogP contribution in [0.2, 0.25) is 0 Å². The number of hydrogen-bond donors (Lipinski definition) is 2. The first-order chi connectivity index (χ1) is 7.75. The summed E-state index contributed by atoms with van der Waals surface area (Å²) in [4.78, 5) is 0. The van der Waals surface area contributed by atoms with Gasteiger partial charge in [0.25, 0.3) is 0 Å². The molecule has 0 bridgehead atoms. The maximum absolute atomic E-state index is 14.0. The first-order valence-corrected chi connectivity index (χ1v) is 5.91. The molecule has 0 saturated carbocycles. The molecule has 3 heteroatoms. The third-order valence-electron chi connectivity index (χ3n) is 3.13. The van der Waals surface area contributed by atoms with E-state index < -0.39 is 6.17 Å².